The van der Waals surface area contributed by atoms with Crippen molar-refractivity contribution >= 4 is 38.5 Å². The van der Waals surface area contributed by atoms with Crippen LogP contribution < -0.4 is 5.32 Å². The second kappa shape index (κ2) is 8.30. The number of rotatable bonds is 5. The molecule has 6 rings (SSSR count). The number of aliphatic hydroxyl groups is 3. The van der Waals surface area contributed by atoms with Crippen LogP contribution in [0.4, 0.5) is 5.82 Å². The molecule has 0 saturated carbocycles. The highest BCUT2D eigenvalue weighted by Gasteiger charge is 2.44. The monoisotopic (exact) mass is 457 g/mol. The molecule has 3 aromatic carbocycles. The summed E-state index contributed by atoms with van der Waals surface area (Å²) in [4.78, 5) is 13.2. The Balaban J connectivity index is 1.37. The maximum atomic E-state index is 10.4. The lowest BCUT2D eigenvalue weighted by Gasteiger charge is -2.16. The van der Waals surface area contributed by atoms with Gasteiger partial charge >= 0.3 is 0 Å². The van der Waals surface area contributed by atoms with Gasteiger partial charge < -0.3 is 25.4 Å². The van der Waals surface area contributed by atoms with Crippen molar-refractivity contribution < 1.29 is 20.1 Å². The largest absolute Gasteiger partial charge is 0.394 e. The quantitative estimate of drug-likeness (QED) is 0.297. The third kappa shape index (κ3) is 3.29. The average Bonchev–Trinajstić information content (AvgIpc) is 3.42. The molecule has 1 aliphatic heterocycles. The molecule has 0 radical (unpaired) electrons. The van der Waals surface area contributed by atoms with Crippen molar-refractivity contribution in [2.75, 3.05) is 11.9 Å². The Hall–Kier alpha value is -3.63. The minimum Gasteiger partial charge on any atom is -0.394 e. The molecule has 1 aliphatic rings. The summed E-state index contributed by atoms with van der Waals surface area (Å²) in [6.07, 6.45) is -1.29. The summed E-state index contributed by atoms with van der Waals surface area (Å²) in [5, 5.41) is 38.0. The Morgan fingerprint density at radius 2 is 1.62 bits per heavy atom. The molecule has 0 aliphatic carbocycles. The molecule has 3 heterocycles. The van der Waals surface area contributed by atoms with Gasteiger partial charge in [-0.3, -0.25) is 4.57 Å². The van der Waals surface area contributed by atoms with Crippen LogP contribution in [0.3, 0.4) is 0 Å². The van der Waals surface area contributed by atoms with E-state index in [0.29, 0.717) is 23.5 Å². The summed E-state index contributed by atoms with van der Waals surface area (Å²) < 4.78 is 7.20. The first-order valence-corrected chi connectivity index (χ1v) is 11.1. The van der Waals surface area contributed by atoms with Gasteiger partial charge in [0.05, 0.1) is 12.9 Å². The van der Waals surface area contributed by atoms with Gasteiger partial charge in [-0.25, -0.2) is 15.0 Å². The van der Waals surface area contributed by atoms with Crippen LogP contribution in [0.1, 0.15) is 11.8 Å². The standard InChI is InChI=1S/C25H23N5O4/c31-11-19-21(32)22(33)25(34-19)30-13-29-20-23(27-12-28-24(20)30)26-10-18-16-7-3-1-5-14(16)9-15-6-2-4-8-17(15)18/h1-9,12-13,19,21-22,25,31-33H,10-11H2,(H,26,27,28)/t19-,21-,22-,25-/m1/s1. The van der Waals surface area contributed by atoms with E-state index >= 15 is 0 Å². The van der Waals surface area contributed by atoms with Crippen LogP contribution >= 0.6 is 0 Å². The van der Waals surface area contributed by atoms with Crippen molar-refractivity contribution in [3.05, 3.63) is 72.8 Å². The lowest BCUT2D eigenvalue weighted by atomic mass is 9.97. The van der Waals surface area contributed by atoms with E-state index in [1.165, 1.54) is 23.4 Å². The molecule has 0 amide bonds. The van der Waals surface area contributed by atoms with Gasteiger partial charge in [0, 0.05) is 6.54 Å². The van der Waals surface area contributed by atoms with Crippen molar-refractivity contribution in [2.45, 2.75) is 31.1 Å². The van der Waals surface area contributed by atoms with Crippen molar-refractivity contribution in [2.24, 2.45) is 0 Å². The van der Waals surface area contributed by atoms with Gasteiger partial charge in [0.15, 0.2) is 23.2 Å². The average molecular weight is 457 g/mol. The van der Waals surface area contributed by atoms with Gasteiger partial charge in [0.25, 0.3) is 0 Å². The molecular formula is C25H23N5O4. The Labute approximate surface area is 194 Å². The molecule has 172 valence electrons. The smallest absolute Gasteiger partial charge is 0.167 e. The second-order valence-electron chi connectivity index (χ2n) is 8.43. The number of hydrogen-bond donors (Lipinski definition) is 4. The second-order valence-corrected chi connectivity index (χ2v) is 8.43. The van der Waals surface area contributed by atoms with Gasteiger partial charge in [-0.15, -0.1) is 0 Å². The van der Waals surface area contributed by atoms with E-state index in [9.17, 15) is 15.3 Å². The van der Waals surface area contributed by atoms with E-state index in [2.05, 4.69) is 50.6 Å². The third-order valence-corrected chi connectivity index (χ3v) is 6.47. The number of anilines is 1. The zero-order valence-electron chi connectivity index (χ0n) is 18.1. The van der Waals surface area contributed by atoms with E-state index in [1.54, 1.807) is 4.57 Å². The number of ether oxygens (including phenoxy) is 1. The summed E-state index contributed by atoms with van der Waals surface area (Å²) >= 11 is 0. The summed E-state index contributed by atoms with van der Waals surface area (Å²) in [7, 11) is 0. The molecule has 1 fully saturated rings. The van der Waals surface area contributed by atoms with Crippen molar-refractivity contribution in [3.8, 4) is 0 Å². The minimum absolute atomic E-state index is 0.401. The van der Waals surface area contributed by atoms with Crippen LogP contribution in [-0.4, -0.2) is 59.8 Å². The molecule has 0 unspecified atom stereocenters. The number of aliphatic hydroxyl groups excluding tert-OH is 3. The molecule has 5 aromatic rings. The summed E-state index contributed by atoms with van der Waals surface area (Å²) in [5.74, 6) is 0.549. The van der Waals surface area contributed by atoms with E-state index in [4.69, 9.17) is 4.74 Å². The van der Waals surface area contributed by atoms with Gasteiger partial charge in [0.1, 0.15) is 24.6 Å². The number of hydrogen-bond acceptors (Lipinski definition) is 8. The van der Waals surface area contributed by atoms with Crippen molar-refractivity contribution in [3.63, 3.8) is 0 Å². The van der Waals surface area contributed by atoms with Crippen LogP contribution in [-0.2, 0) is 11.3 Å². The number of nitrogens with one attached hydrogen (secondary N) is 1. The van der Waals surface area contributed by atoms with E-state index < -0.39 is 31.1 Å². The maximum Gasteiger partial charge on any atom is 0.167 e. The zero-order valence-corrected chi connectivity index (χ0v) is 18.1. The highest BCUT2D eigenvalue weighted by atomic mass is 16.6. The topological polar surface area (TPSA) is 126 Å². The zero-order chi connectivity index (χ0) is 23.2. The molecule has 34 heavy (non-hydrogen) atoms. The molecule has 9 nitrogen and oxygen atoms in total. The minimum atomic E-state index is -1.22. The fourth-order valence-corrected chi connectivity index (χ4v) is 4.75. The number of fused-ring (bicyclic) bond motifs is 3. The van der Waals surface area contributed by atoms with E-state index in [0.717, 1.165) is 16.3 Å². The van der Waals surface area contributed by atoms with Gasteiger partial charge in [-0.1, -0.05) is 48.5 Å². The molecular weight excluding hydrogens is 434 g/mol. The Bertz CT molecular complexity index is 1450. The normalized spacial score (nSPS) is 22.7. The highest BCUT2D eigenvalue weighted by molar-refractivity contribution is 6.02. The summed E-state index contributed by atoms with van der Waals surface area (Å²) in [6, 6.07) is 18.8. The van der Waals surface area contributed by atoms with Crippen LogP contribution in [0.15, 0.2) is 67.3 Å². The van der Waals surface area contributed by atoms with Crippen LogP contribution in [0.5, 0.6) is 0 Å². The summed E-state index contributed by atoms with van der Waals surface area (Å²) in [5.41, 5.74) is 2.13. The number of nitrogens with zero attached hydrogens (tertiary/aromatic N) is 4. The fourth-order valence-electron chi connectivity index (χ4n) is 4.75. The Morgan fingerprint density at radius 3 is 2.29 bits per heavy atom. The lowest BCUT2D eigenvalue weighted by molar-refractivity contribution is -0.0511. The van der Waals surface area contributed by atoms with Crippen LogP contribution in [0.2, 0.25) is 0 Å². The van der Waals surface area contributed by atoms with Gasteiger partial charge in [0.2, 0.25) is 0 Å². The van der Waals surface area contributed by atoms with Crippen molar-refractivity contribution in [1.82, 2.24) is 19.5 Å². The van der Waals surface area contributed by atoms with E-state index in [1.807, 2.05) is 24.3 Å². The highest BCUT2D eigenvalue weighted by Crippen LogP contribution is 2.33. The first kappa shape index (κ1) is 20.9. The molecule has 9 heteroatoms. The molecule has 0 bridgehead atoms. The molecule has 1 saturated heterocycles. The number of imidazole rings is 1. The SMILES string of the molecule is OC[C@H]1O[C@@H](n2cnc3c(NCc4c5ccccc5cc5ccccc45)ncnc32)[C@H](O)[C@@H]1O. The molecule has 4 N–H and O–H groups in total. The van der Waals surface area contributed by atoms with Crippen molar-refractivity contribution in [1.29, 1.82) is 0 Å². The maximum absolute atomic E-state index is 10.4. The molecule has 2 aromatic heterocycles. The predicted molar refractivity (Wildman–Crippen MR) is 127 cm³/mol. The number of benzene rings is 3. The lowest BCUT2D eigenvalue weighted by Crippen LogP contribution is -2.33. The first-order chi connectivity index (χ1) is 16.7. The molecule has 4 atom stereocenters. The van der Waals surface area contributed by atoms with E-state index in [-0.39, 0.29) is 0 Å². The third-order valence-electron chi connectivity index (χ3n) is 6.47. The Kier molecular flexibility index (Phi) is 5.11. The summed E-state index contributed by atoms with van der Waals surface area (Å²) in [6.45, 7) is 0.122. The number of aromatic nitrogens is 4. The van der Waals surface area contributed by atoms with Crippen LogP contribution in [0, 0.1) is 0 Å². The Morgan fingerprint density at radius 1 is 0.912 bits per heavy atom. The van der Waals surface area contributed by atoms with Gasteiger partial charge in [-0.05, 0) is 33.2 Å². The fraction of sp³-hybridized carbons (Fsp3) is 0.240. The predicted octanol–water partition coefficient (Wildman–Crippen LogP) is 2.36. The first-order valence-electron chi connectivity index (χ1n) is 11.1. The molecule has 0 spiro atoms. The van der Waals surface area contributed by atoms with Gasteiger partial charge in [-0.2, -0.15) is 0 Å². The van der Waals surface area contributed by atoms with Crippen LogP contribution in [0.25, 0.3) is 32.7 Å².